The molecule has 6 nitrogen and oxygen atoms in total. The third-order valence-corrected chi connectivity index (χ3v) is 4.29. The molecule has 0 unspecified atom stereocenters. The van der Waals surface area contributed by atoms with Crippen LogP contribution in [0.1, 0.15) is 44.9 Å². The Morgan fingerprint density at radius 3 is 2.64 bits per heavy atom. The second-order valence-electron chi connectivity index (χ2n) is 6.30. The zero-order chi connectivity index (χ0) is 16.1. The number of likely N-dealkylation sites (N-methyl/N-ethyl adjacent to an activating group) is 1. The van der Waals surface area contributed by atoms with Crippen molar-refractivity contribution >= 4 is 12.2 Å². The fraction of sp³-hybridized carbons (Fsp3) is 0.875. The summed E-state index contributed by atoms with van der Waals surface area (Å²) in [7, 11) is 2.25. The van der Waals surface area contributed by atoms with Crippen LogP contribution in [0.3, 0.4) is 0 Å². The van der Waals surface area contributed by atoms with Gasteiger partial charge < -0.3 is 14.5 Å². The lowest BCUT2D eigenvalue weighted by atomic mass is 10.1. The van der Waals surface area contributed by atoms with E-state index < -0.39 is 0 Å². The molecule has 1 N–H and O–H groups in total. The van der Waals surface area contributed by atoms with Crippen LogP contribution in [0.15, 0.2) is 4.99 Å². The number of rotatable bonds is 10. The summed E-state index contributed by atoms with van der Waals surface area (Å²) < 4.78 is 6.27. The molecule has 1 fully saturated rings. The Kier molecular flexibility index (Phi) is 9.51. The molecule has 1 saturated heterocycles. The van der Waals surface area contributed by atoms with E-state index in [1.165, 1.54) is 38.4 Å². The minimum Gasteiger partial charge on any atom is -0.444 e. The second kappa shape index (κ2) is 11.2. The van der Waals surface area contributed by atoms with Gasteiger partial charge in [-0.15, -0.1) is 0 Å². The number of hydrogen-bond acceptors (Lipinski definition) is 4. The van der Waals surface area contributed by atoms with Gasteiger partial charge in [0.1, 0.15) is 13.2 Å². The molecular weight excluding hydrogens is 282 g/mol. The van der Waals surface area contributed by atoms with E-state index >= 15 is 0 Å². The number of likely N-dealkylation sites (tertiary alicyclic amines) is 1. The highest BCUT2D eigenvalue weighted by atomic mass is 16.5. The first-order chi connectivity index (χ1) is 10.7. The minimum absolute atomic E-state index is 0.311. The predicted octanol–water partition coefficient (Wildman–Crippen LogP) is 2.24. The van der Waals surface area contributed by atoms with Gasteiger partial charge in [-0.2, -0.15) is 0 Å². The molecule has 0 atom stereocenters. The van der Waals surface area contributed by atoms with Crippen molar-refractivity contribution in [1.82, 2.24) is 5.32 Å². The number of quaternary nitrogens is 1. The van der Waals surface area contributed by atoms with Gasteiger partial charge in [0.25, 0.3) is 0 Å². The van der Waals surface area contributed by atoms with Crippen molar-refractivity contribution in [2.24, 2.45) is 4.99 Å². The number of unbranched alkanes of at least 4 members (excludes halogenated alkanes) is 3. The first-order valence-electron chi connectivity index (χ1n) is 8.44. The molecule has 0 radical (unpaired) electrons. The molecular formula is C16H30N3O3+. The van der Waals surface area contributed by atoms with Gasteiger partial charge in [-0.05, 0) is 32.1 Å². The molecule has 0 aromatic rings. The normalized spacial score (nSPS) is 16.6. The summed E-state index contributed by atoms with van der Waals surface area (Å²) in [5.41, 5.74) is 0. The molecule has 6 heteroatoms. The molecule has 1 aliphatic heterocycles. The number of aliphatic imine (C=N–C) groups is 1. The van der Waals surface area contributed by atoms with E-state index in [1.807, 2.05) is 0 Å². The van der Waals surface area contributed by atoms with E-state index in [1.54, 1.807) is 0 Å². The van der Waals surface area contributed by atoms with Gasteiger partial charge >= 0.3 is 6.09 Å². The number of nitrogens with one attached hydrogen (secondary N) is 1. The lowest BCUT2D eigenvalue weighted by Gasteiger charge is -2.37. The molecule has 0 aromatic carbocycles. The second-order valence-corrected chi connectivity index (χ2v) is 6.30. The third-order valence-electron chi connectivity index (χ3n) is 4.29. The molecule has 1 rings (SSSR count). The molecule has 1 heterocycles. The van der Waals surface area contributed by atoms with E-state index in [0.29, 0.717) is 19.7 Å². The summed E-state index contributed by atoms with van der Waals surface area (Å²) in [4.78, 5) is 24.9. The Labute approximate surface area is 133 Å². The van der Waals surface area contributed by atoms with E-state index in [2.05, 4.69) is 17.4 Å². The van der Waals surface area contributed by atoms with E-state index in [-0.39, 0.29) is 6.09 Å². The van der Waals surface area contributed by atoms with Crippen molar-refractivity contribution in [2.75, 3.05) is 46.4 Å². The Morgan fingerprint density at radius 2 is 1.91 bits per heavy atom. The highest BCUT2D eigenvalue weighted by molar-refractivity contribution is 5.66. The molecule has 22 heavy (non-hydrogen) atoms. The highest BCUT2D eigenvalue weighted by Gasteiger charge is 2.24. The maximum Gasteiger partial charge on any atom is 0.407 e. The van der Waals surface area contributed by atoms with Crippen molar-refractivity contribution in [2.45, 2.75) is 44.9 Å². The number of ether oxygens (including phenoxy) is 1. The number of piperidine rings is 1. The summed E-state index contributed by atoms with van der Waals surface area (Å²) in [5, 5.41) is 2.78. The molecule has 0 saturated carbocycles. The lowest BCUT2D eigenvalue weighted by Crippen LogP contribution is -2.50. The standard InChI is InChI=1S/C16H29N3O3/c1-19(11-7-4-8-12-19)13-14-22-16(21)18-10-6-3-2-5-9-17-15-20/h2-14H2,1H3/p+1. The minimum atomic E-state index is -0.311. The van der Waals surface area contributed by atoms with Crippen LogP contribution in [0.5, 0.6) is 0 Å². The summed E-state index contributed by atoms with van der Waals surface area (Å²) in [6.45, 7) is 4.98. The average Bonchev–Trinajstić information content (AvgIpc) is 2.50. The first-order valence-corrected chi connectivity index (χ1v) is 8.44. The van der Waals surface area contributed by atoms with Crippen molar-refractivity contribution < 1.29 is 18.8 Å². The zero-order valence-electron chi connectivity index (χ0n) is 13.8. The Balaban J connectivity index is 1.94. The fourth-order valence-electron chi connectivity index (χ4n) is 2.81. The zero-order valence-corrected chi connectivity index (χ0v) is 13.8. The van der Waals surface area contributed by atoms with E-state index in [9.17, 15) is 9.59 Å². The van der Waals surface area contributed by atoms with Crippen LogP contribution in [0.4, 0.5) is 4.79 Å². The molecule has 0 bridgehead atoms. The van der Waals surface area contributed by atoms with Gasteiger partial charge in [-0.3, -0.25) is 0 Å². The Morgan fingerprint density at radius 1 is 1.18 bits per heavy atom. The number of amides is 1. The van der Waals surface area contributed by atoms with Crippen molar-refractivity contribution in [3.05, 3.63) is 0 Å². The van der Waals surface area contributed by atoms with Crippen LogP contribution in [0.25, 0.3) is 0 Å². The summed E-state index contributed by atoms with van der Waals surface area (Å²) in [5.74, 6) is 0. The molecule has 1 amide bonds. The number of alkyl carbamates (subject to hydrolysis) is 1. The molecule has 126 valence electrons. The SMILES string of the molecule is C[N+]1(CCOC(=O)NCCCCCCN=C=O)CCCCC1. The number of hydrogen-bond donors (Lipinski definition) is 1. The number of carbonyl (C=O) groups is 1. The topological polar surface area (TPSA) is 67.8 Å². The summed E-state index contributed by atoms with van der Waals surface area (Å²) in [6.07, 6.45) is 8.96. The van der Waals surface area contributed by atoms with Crippen molar-refractivity contribution in [1.29, 1.82) is 0 Å². The first kappa shape index (κ1) is 18.7. The lowest BCUT2D eigenvalue weighted by molar-refractivity contribution is -0.914. The van der Waals surface area contributed by atoms with Crippen LogP contribution in [0.2, 0.25) is 0 Å². The monoisotopic (exact) mass is 312 g/mol. The third kappa shape index (κ3) is 8.80. The average molecular weight is 312 g/mol. The van der Waals surface area contributed by atoms with Gasteiger partial charge in [0.2, 0.25) is 6.08 Å². The van der Waals surface area contributed by atoms with Gasteiger partial charge in [0.05, 0.1) is 26.7 Å². The molecule has 0 aromatic heterocycles. The number of nitrogens with zero attached hydrogens (tertiary/aromatic N) is 2. The number of carbonyl (C=O) groups excluding carboxylic acids is 2. The van der Waals surface area contributed by atoms with Gasteiger partial charge in [0, 0.05) is 6.54 Å². The van der Waals surface area contributed by atoms with E-state index in [0.717, 1.165) is 36.7 Å². The maximum atomic E-state index is 11.6. The quantitative estimate of drug-likeness (QED) is 0.291. The maximum absolute atomic E-state index is 11.6. The predicted molar refractivity (Wildman–Crippen MR) is 85.4 cm³/mol. The van der Waals surface area contributed by atoms with Crippen LogP contribution in [-0.2, 0) is 9.53 Å². The highest BCUT2D eigenvalue weighted by Crippen LogP contribution is 2.15. The van der Waals surface area contributed by atoms with Gasteiger partial charge in [-0.1, -0.05) is 12.8 Å². The largest absolute Gasteiger partial charge is 0.444 e. The Bertz CT molecular complexity index is 362. The summed E-state index contributed by atoms with van der Waals surface area (Å²) >= 11 is 0. The van der Waals surface area contributed by atoms with Crippen LogP contribution in [0, 0.1) is 0 Å². The van der Waals surface area contributed by atoms with Crippen LogP contribution >= 0.6 is 0 Å². The van der Waals surface area contributed by atoms with E-state index in [4.69, 9.17) is 4.74 Å². The van der Waals surface area contributed by atoms with Gasteiger partial charge in [-0.25, -0.2) is 14.6 Å². The fourth-order valence-corrected chi connectivity index (χ4v) is 2.81. The smallest absolute Gasteiger partial charge is 0.407 e. The molecule has 0 spiro atoms. The molecule has 1 aliphatic rings. The Hall–Kier alpha value is -1.39. The number of isocyanates is 1. The van der Waals surface area contributed by atoms with Gasteiger partial charge in [0.15, 0.2) is 0 Å². The molecule has 0 aliphatic carbocycles. The van der Waals surface area contributed by atoms with Crippen LogP contribution in [-0.4, -0.2) is 63.0 Å². The van der Waals surface area contributed by atoms with Crippen molar-refractivity contribution in [3.63, 3.8) is 0 Å². The van der Waals surface area contributed by atoms with Crippen molar-refractivity contribution in [3.8, 4) is 0 Å². The summed E-state index contributed by atoms with van der Waals surface area (Å²) in [6, 6.07) is 0. The van der Waals surface area contributed by atoms with Crippen LogP contribution < -0.4 is 5.32 Å².